The van der Waals surface area contributed by atoms with Crippen LogP contribution in [0.5, 0.6) is 5.75 Å². The maximum Gasteiger partial charge on any atom is 0.339 e. The van der Waals surface area contributed by atoms with E-state index in [1.807, 2.05) is 31.2 Å². The van der Waals surface area contributed by atoms with Gasteiger partial charge in [0.2, 0.25) is 0 Å². The smallest absolute Gasteiger partial charge is 0.339 e. The summed E-state index contributed by atoms with van der Waals surface area (Å²) in [5.74, 6) is -1.59. The van der Waals surface area contributed by atoms with Crippen molar-refractivity contribution in [3.63, 3.8) is 0 Å². The molecule has 0 aliphatic carbocycles. The van der Waals surface area contributed by atoms with Gasteiger partial charge in [0.1, 0.15) is 11.3 Å². The van der Waals surface area contributed by atoms with Crippen LogP contribution in [0.15, 0.2) is 46.9 Å². The largest absolute Gasteiger partial charge is 0.478 e. The van der Waals surface area contributed by atoms with Crippen molar-refractivity contribution >= 4 is 27.9 Å². The third-order valence-corrected chi connectivity index (χ3v) is 3.49. The molecular formula is C16H13BrO4. The highest BCUT2D eigenvalue weighted by Gasteiger charge is 2.15. The Kier molecular flexibility index (Phi) is 4.75. The summed E-state index contributed by atoms with van der Waals surface area (Å²) in [6.07, 6.45) is 0.0990. The molecule has 2 aromatic carbocycles. The second kappa shape index (κ2) is 6.54. The molecule has 0 fully saturated rings. The minimum absolute atomic E-state index is 0.0456. The summed E-state index contributed by atoms with van der Waals surface area (Å²) in [6, 6.07) is 12.0. The summed E-state index contributed by atoms with van der Waals surface area (Å²) in [4.78, 5) is 23.1. The number of aryl methyl sites for hydroxylation is 1. The van der Waals surface area contributed by atoms with Crippen LogP contribution >= 0.6 is 15.9 Å². The van der Waals surface area contributed by atoms with Crippen LogP contribution in [-0.4, -0.2) is 17.0 Å². The molecule has 0 unspecified atom stereocenters. The summed E-state index contributed by atoms with van der Waals surface area (Å²) >= 11 is 3.19. The van der Waals surface area contributed by atoms with Crippen molar-refractivity contribution in [3.8, 4) is 5.75 Å². The van der Waals surface area contributed by atoms with E-state index >= 15 is 0 Å². The summed E-state index contributed by atoms with van der Waals surface area (Å²) in [5, 5.41) is 9.12. The molecule has 2 aromatic rings. The lowest BCUT2D eigenvalue weighted by atomic mass is 10.1. The minimum Gasteiger partial charge on any atom is -0.478 e. The summed E-state index contributed by atoms with van der Waals surface area (Å²) < 4.78 is 5.79. The van der Waals surface area contributed by atoms with Gasteiger partial charge < -0.3 is 9.84 Å². The van der Waals surface area contributed by atoms with E-state index in [2.05, 4.69) is 15.9 Å². The zero-order valence-electron chi connectivity index (χ0n) is 11.3. The molecule has 4 nitrogen and oxygen atoms in total. The highest BCUT2D eigenvalue weighted by atomic mass is 79.9. The van der Waals surface area contributed by atoms with Gasteiger partial charge in [-0.15, -0.1) is 0 Å². The molecular weight excluding hydrogens is 336 g/mol. The highest BCUT2D eigenvalue weighted by molar-refractivity contribution is 9.10. The van der Waals surface area contributed by atoms with Gasteiger partial charge in [0.15, 0.2) is 0 Å². The molecule has 0 aromatic heterocycles. The van der Waals surface area contributed by atoms with Crippen LogP contribution in [-0.2, 0) is 11.2 Å². The third-order valence-electron chi connectivity index (χ3n) is 2.99. The van der Waals surface area contributed by atoms with E-state index in [0.717, 1.165) is 11.1 Å². The molecule has 0 amide bonds. The molecule has 2 rings (SSSR count). The Morgan fingerprint density at radius 3 is 2.57 bits per heavy atom. The lowest BCUT2D eigenvalue weighted by Crippen LogP contribution is -2.14. The third kappa shape index (κ3) is 3.92. The molecule has 108 valence electrons. The lowest BCUT2D eigenvalue weighted by molar-refractivity contribution is -0.133. The molecule has 0 saturated carbocycles. The molecule has 0 aliphatic rings. The zero-order valence-corrected chi connectivity index (χ0v) is 12.9. The van der Waals surface area contributed by atoms with E-state index < -0.39 is 11.9 Å². The summed E-state index contributed by atoms with van der Waals surface area (Å²) in [7, 11) is 0. The van der Waals surface area contributed by atoms with Crippen molar-refractivity contribution in [2.75, 3.05) is 0 Å². The molecule has 0 spiro atoms. The van der Waals surface area contributed by atoms with Crippen molar-refractivity contribution in [2.45, 2.75) is 13.3 Å². The van der Waals surface area contributed by atoms with E-state index in [4.69, 9.17) is 9.84 Å². The van der Waals surface area contributed by atoms with Gasteiger partial charge in [-0.05, 0) is 36.2 Å². The standard InChI is InChI=1S/C16H13BrO4/c1-10-4-2-3-5-11(10)8-15(18)21-14-7-6-12(17)9-13(14)16(19)20/h2-7,9H,8H2,1H3,(H,19,20). The van der Waals surface area contributed by atoms with E-state index in [1.165, 1.54) is 12.1 Å². The number of carbonyl (C=O) groups is 2. The number of rotatable bonds is 4. The second-order valence-electron chi connectivity index (χ2n) is 4.52. The first-order chi connectivity index (χ1) is 9.97. The van der Waals surface area contributed by atoms with Crippen LogP contribution in [0.3, 0.4) is 0 Å². The summed E-state index contributed by atoms with van der Waals surface area (Å²) in [6.45, 7) is 1.91. The Hall–Kier alpha value is -2.14. The minimum atomic E-state index is -1.14. The lowest BCUT2D eigenvalue weighted by Gasteiger charge is -2.09. The van der Waals surface area contributed by atoms with Crippen molar-refractivity contribution < 1.29 is 19.4 Å². The monoisotopic (exact) mass is 348 g/mol. The number of carboxylic acid groups (broad SMARTS) is 1. The van der Waals surface area contributed by atoms with Crippen LogP contribution in [0.25, 0.3) is 0 Å². The van der Waals surface area contributed by atoms with Crippen LogP contribution in [0.2, 0.25) is 0 Å². The predicted molar refractivity (Wildman–Crippen MR) is 81.6 cm³/mol. The van der Waals surface area contributed by atoms with E-state index in [-0.39, 0.29) is 17.7 Å². The van der Waals surface area contributed by atoms with Crippen molar-refractivity contribution in [2.24, 2.45) is 0 Å². The fourth-order valence-corrected chi connectivity index (χ4v) is 2.24. The van der Waals surface area contributed by atoms with Crippen LogP contribution < -0.4 is 4.74 Å². The fourth-order valence-electron chi connectivity index (χ4n) is 1.88. The molecule has 0 atom stereocenters. The molecule has 1 N–H and O–H groups in total. The quantitative estimate of drug-likeness (QED) is 0.677. The maximum atomic E-state index is 12.0. The molecule has 0 aliphatic heterocycles. The Morgan fingerprint density at radius 2 is 1.90 bits per heavy atom. The molecule has 0 saturated heterocycles. The number of hydrogen-bond acceptors (Lipinski definition) is 3. The topological polar surface area (TPSA) is 63.6 Å². The van der Waals surface area contributed by atoms with E-state index in [9.17, 15) is 9.59 Å². The second-order valence-corrected chi connectivity index (χ2v) is 5.44. The maximum absolute atomic E-state index is 12.0. The first-order valence-electron chi connectivity index (χ1n) is 6.25. The van der Waals surface area contributed by atoms with Crippen LogP contribution in [0.4, 0.5) is 0 Å². The number of hydrogen-bond donors (Lipinski definition) is 1. The first kappa shape index (κ1) is 15.3. The zero-order chi connectivity index (χ0) is 15.4. The number of aromatic carboxylic acids is 1. The number of ether oxygens (including phenoxy) is 1. The van der Waals surface area contributed by atoms with Gasteiger partial charge in [-0.1, -0.05) is 40.2 Å². The highest BCUT2D eigenvalue weighted by Crippen LogP contribution is 2.24. The molecule has 0 bridgehead atoms. The molecule has 5 heteroatoms. The number of halogens is 1. The Labute approximate surface area is 130 Å². The Bertz CT molecular complexity index is 694. The average Bonchev–Trinajstić information content (AvgIpc) is 2.43. The van der Waals surface area contributed by atoms with Crippen LogP contribution in [0, 0.1) is 6.92 Å². The van der Waals surface area contributed by atoms with E-state index in [1.54, 1.807) is 6.07 Å². The van der Waals surface area contributed by atoms with Gasteiger partial charge in [-0.2, -0.15) is 0 Å². The number of benzene rings is 2. The number of carboxylic acids is 1. The number of esters is 1. The molecule has 0 heterocycles. The molecule has 0 radical (unpaired) electrons. The Morgan fingerprint density at radius 1 is 1.19 bits per heavy atom. The van der Waals surface area contributed by atoms with E-state index in [0.29, 0.717) is 4.47 Å². The SMILES string of the molecule is Cc1ccccc1CC(=O)Oc1ccc(Br)cc1C(=O)O. The van der Waals surface area contributed by atoms with Gasteiger partial charge in [-0.3, -0.25) is 4.79 Å². The number of carbonyl (C=O) groups excluding carboxylic acids is 1. The fraction of sp³-hybridized carbons (Fsp3) is 0.125. The van der Waals surface area contributed by atoms with Gasteiger partial charge in [0.05, 0.1) is 6.42 Å². The van der Waals surface area contributed by atoms with Gasteiger partial charge in [-0.25, -0.2) is 4.79 Å². The predicted octanol–water partition coefficient (Wildman–Crippen LogP) is 3.60. The molecule has 21 heavy (non-hydrogen) atoms. The van der Waals surface area contributed by atoms with Crippen molar-refractivity contribution in [3.05, 3.63) is 63.6 Å². The van der Waals surface area contributed by atoms with Crippen molar-refractivity contribution in [1.82, 2.24) is 0 Å². The normalized spacial score (nSPS) is 10.2. The van der Waals surface area contributed by atoms with Crippen molar-refractivity contribution in [1.29, 1.82) is 0 Å². The Balaban J connectivity index is 2.17. The first-order valence-corrected chi connectivity index (χ1v) is 7.04. The van der Waals surface area contributed by atoms with Crippen LogP contribution in [0.1, 0.15) is 21.5 Å². The summed E-state index contributed by atoms with van der Waals surface area (Å²) in [5.41, 5.74) is 1.79. The average molecular weight is 349 g/mol. The van der Waals surface area contributed by atoms with Gasteiger partial charge in [0, 0.05) is 4.47 Å². The van der Waals surface area contributed by atoms with Gasteiger partial charge in [0.25, 0.3) is 0 Å². The van der Waals surface area contributed by atoms with Gasteiger partial charge >= 0.3 is 11.9 Å².